The van der Waals surface area contributed by atoms with Gasteiger partial charge in [0.25, 0.3) is 5.56 Å². The average Bonchev–Trinajstić information content (AvgIpc) is 2.31. The van der Waals surface area contributed by atoms with Crippen LogP contribution in [0.1, 0.15) is 29.5 Å². The first kappa shape index (κ1) is 12.8. The van der Waals surface area contributed by atoms with Crippen LogP contribution in [-0.4, -0.2) is 11.5 Å². The molecule has 3 N–H and O–H groups in total. The molecule has 3 heteroatoms. The maximum atomic E-state index is 12.0. The number of rotatable bonds is 4. The summed E-state index contributed by atoms with van der Waals surface area (Å²) in [5.74, 6) is 0. The molecule has 0 aliphatic rings. The SMILES string of the molecule is Cc1cc(C)c2[nH]c(=O)c(CCCCN)cc2c1. The molecule has 0 spiro atoms. The smallest absolute Gasteiger partial charge is 0.251 e. The topological polar surface area (TPSA) is 58.9 Å². The summed E-state index contributed by atoms with van der Waals surface area (Å²) >= 11 is 0. The molecule has 0 aliphatic carbocycles. The molecule has 0 saturated heterocycles. The van der Waals surface area contributed by atoms with Crippen molar-refractivity contribution in [1.29, 1.82) is 0 Å². The van der Waals surface area contributed by atoms with Gasteiger partial charge in [-0.25, -0.2) is 0 Å². The Labute approximate surface area is 107 Å². The number of nitrogens with two attached hydrogens (primary N) is 1. The summed E-state index contributed by atoms with van der Waals surface area (Å²) < 4.78 is 0. The molecule has 0 radical (unpaired) electrons. The highest BCUT2D eigenvalue weighted by Crippen LogP contribution is 2.18. The first-order valence-electron chi connectivity index (χ1n) is 6.45. The van der Waals surface area contributed by atoms with Crippen molar-refractivity contribution in [2.75, 3.05) is 6.54 Å². The highest BCUT2D eigenvalue weighted by Gasteiger charge is 2.05. The Bertz CT molecular complexity index is 614. The van der Waals surface area contributed by atoms with Crippen LogP contribution in [0.15, 0.2) is 23.0 Å². The van der Waals surface area contributed by atoms with Gasteiger partial charge in [-0.2, -0.15) is 0 Å². The molecule has 2 aromatic rings. The molecule has 0 atom stereocenters. The molecule has 0 fully saturated rings. The molecule has 96 valence electrons. The number of hydrogen-bond acceptors (Lipinski definition) is 2. The number of unbranched alkanes of at least 4 members (excludes halogenated alkanes) is 1. The average molecular weight is 244 g/mol. The van der Waals surface area contributed by atoms with Crippen molar-refractivity contribution in [2.45, 2.75) is 33.1 Å². The predicted octanol–water partition coefficient (Wildman–Crippen LogP) is 2.43. The third-order valence-corrected chi connectivity index (χ3v) is 3.27. The molecule has 0 bridgehead atoms. The van der Waals surface area contributed by atoms with Gasteiger partial charge in [0.05, 0.1) is 5.52 Å². The Balaban J connectivity index is 2.44. The summed E-state index contributed by atoms with van der Waals surface area (Å²) in [7, 11) is 0. The van der Waals surface area contributed by atoms with E-state index >= 15 is 0 Å². The van der Waals surface area contributed by atoms with E-state index in [-0.39, 0.29) is 5.56 Å². The molecule has 1 aromatic heterocycles. The van der Waals surface area contributed by atoms with Crippen molar-refractivity contribution < 1.29 is 0 Å². The Kier molecular flexibility index (Phi) is 3.82. The molecular weight excluding hydrogens is 224 g/mol. The van der Waals surface area contributed by atoms with E-state index in [1.54, 1.807) is 0 Å². The molecular formula is C15H20N2O. The monoisotopic (exact) mass is 244 g/mol. The van der Waals surface area contributed by atoms with E-state index in [0.717, 1.165) is 41.3 Å². The Morgan fingerprint density at radius 3 is 2.67 bits per heavy atom. The van der Waals surface area contributed by atoms with E-state index in [1.165, 1.54) is 5.56 Å². The summed E-state index contributed by atoms with van der Waals surface area (Å²) in [6.45, 7) is 4.79. The Morgan fingerprint density at radius 2 is 1.94 bits per heavy atom. The molecule has 0 saturated carbocycles. The number of nitrogens with one attached hydrogen (secondary N) is 1. The number of benzene rings is 1. The molecule has 1 heterocycles. The minimum absolute atomic E-state index is 0.0338. The quantitative estimate of drug-likeness (QED) is 0.811. The summed E-state index contributed by atoms with van der Waals surface area (Å²) in [4.78, 5) is 15.0. The van der Waals surface area contributed by atoms with Gasteiger partial charge in [-0.3, -0.25) is 4.79 Å². The van der Waals surface area contributed by atoms with Crippen molar-refractivity contribution in [3.8, 4) is 0 Å². The van der Waals surface area contributed by atoms with Gasteiger partial charge in [-0.05, 0) is 62.7 Å². The van der Waals surface area contributed by atoms with Crippen molar-refractivity contribution in [2.24, 2.45) is 5.73 Å². The largest absolute Gasteiger partial charge is 0.330 e. The third-order valence-electron chi connectivity index (χ3n) is 3.27. The van der Waals surface area contributed by atoms with Gasteiger partial charge in [0, 0.05) is 5.56 Å². The number of hydrogen-bond donors (Lipinski definition) is 2. The molecule has 1 aromatic carbocycles. The Morgan fingerprint density at radius 1 is 1.17 bits per heavy atom. The van der Waals surface area contributed by atoms with Crippen LogP contribution >= 0.6 is 0 Å². The third kappa shape index (κ3) is 2.62. The van der Waals surface area contributed by atoms with Crippen LogP contribution in [0.4, 0.5) is 0 Å². The lowest BCUT2D eigenvalue weighted by atomic mass is 10.0. The minimum atomic E-state index is 0.0338. The molecule has 0 unspecified atom stereocenters. The van der Waals surface area contributed by atoms with Crippen LogP contribution in [0.5, 0.6) is 0 Å². The zero-order valence-corrected chi connectivity index (χ0v) is 11.0. The normalized spacial score (nSPS) is 11.1. The van der Waals surface area contributed by atoms with Gasteiger partial charge in [-0.15, -0.1) is 0 Å². The number of aryl methyl sites for hydroxylation is 3. The van der Waals surface area contributed by atoms with Crippen molar-refractivity contribution in [3.63, 3.8) is 0 Å². The highest BCUT2D eigenvalue weighted by molar-refractivity contribution is 5.82. The summed E-state index contributed by atoms with van der Waals surface area (Å²) in [5, 5.41) is 1.12. The van der Waals surface area contributed by atoms with E-state index in [1.807, 2.05) is 13.0 Å². The van der Waals surface area contributed by atoms with Gasteiger partial charge in [-0.1, -0.05) is 11.6 Å². The maximum absolute atomic E-state index is 12.0. The van der Waals surface area contributed by atoms with E-state index < -0.39 is 0 Å². The number of pyridine rings is 1. The predicted molar refractivity (Wildman–Crippen MR) is 76.0 cm³/mol. The van der Waals surface area contributed by atoms with Gasteiger partial charge in [0.1, 0.15) is 0 Å². The summed E-state index contributed by atoms with van der Waals surface area (Å²) in [5.41, 5.74) is 9.67. The fourth-order valence-corrected chi connectivity index (χ4v) is 2.38. The lowest BCUT2D eigenvalue weighted by Crippen LogP contribution is -2.13. The molecule has 0 amide bonds. The first-order valence-corrected chi connectivity index (χ1v) is 6.45. The van der Waals surface area contributed by atoms with Crippen LogP contribution in [0, 0.1) is 13.8 Å². The van der Waals surface area contributed by atoms with Crippen molar-refractivity contribution in [1.82, 2.24) is 4.98 Å². The first-order chi connectivity index (χ1) is 8.61. The number of fused-ring (bicyclic) bond motifs is 1. The number of H-pyrrole nitrogens is 1. The van der Waals surface area contributed by atoms with E-state index in [4.69, 9.17) is 5.73 Å². The second-order valence-electron chi connectivity index (χ2n) is 4.92. The second-order valence-corrected chi connectivity index (χ2v) is 4.92. The van der Waals surface area contributed by atoms with E-state index in [2.05, 4.69) is 24.0 Å². The zero-order chi connectivity index (χ0) is 13.1. The fourth-order valence-electron chi connectivity index (χ4n) is 2.38. The summed E-state index contributed by atoms with van der Waals surface area (Å²) in [6.07, 6.45) is 2.73. The van der Waals surface area contributed by atoms with Gasteiger partial charge < -0.3 is 10.7 Å². The standard InChI is InChI=1S/C15H20N2O/c1-10-7-11(2)14-13(8-10)9-12(15(18)17-14)5-3-4-6-16/h7-9H,3-6,16H2,1-2H3,(H,17,18). The van der Waals surface area contributed by atoms with Gasteiger partial charge in [0.15, 0.2) is 0 Å². The van der Waals surface area contributed by atoms with Crippen LogP contribution in [0.3, 0.4) is 0 Å². The lowest BCUT2D eigenvalue weighted by Gasteiger charge is -2.07. The van der Waals surface area contributed by atoms with E-state index in [0.29, 0.717) is 6.54 Å². The minimum Gasteiger partial charge on any atom is -0.330 e. The molecule has 2 rings (SSSR count). The lowest BCUT2D eigenvalue weighted by molar-refractivity contribution is 0.740. The Hall–Kier alpha value is -1.61. The highest BCUT2D eigenvalue weighted by atomic mass is 16.1. The van der Waals surface area contributed by atoms with Crippen molar-refractivity contribution in [3.05, 3.63) is 45.2 Å². The van der Waals surface area contributed by atoms with Gasteiger partial charge >= 0.3 is 0 Å². The van der Waals surface area contributed by atoms with Crippen LogP contribution in [0.25, 0.3) is 10.9 Å². The summed E-state index contributed by atoms with van der Waals surface area (Å²) in [6, 6.07) is 6.22. The van der Waals surface area contributed by atoms with Crippen LogP contribution in [0.2, 0.25) is 0 Å². The van der Waals surface area contributed by atoms with Gasteiger partial charge in [0.2, 0.25) is 0 Å². The van der Waals surface area contributed by atoms with Crippen molar-refractivity contribution >= 4 is 10.9 Å². The number of aromatic nitrogens is 1. The number of aromatic amines is 1. The second kappa shape index (κ2) is 5.36. The molecule has 3 nitrogen and oxygen atoms in total. The fraction of sp³-hybridized carbons (Fsp3) is 0.400. The van der Waals surface area contributed by atoms with Crippen LogP contribution < -0.4 is 11.3 Å². The van der Waals surface area contributed by atoms with Crippen LogP contribution in [-0.2, 0) is 6.42 Å². The zero-order valence-electron chi connectivity index (χ0n) is 11.0. The van der Waals surface area contributed by atoms with E-state index in [9.17, 15) is 4.79 Å². The maximum Gasteiger partial charge on any atom is 0.251 e. The molecule has 18 heavy (non-hydrogen) atoms. The molecule has 0 aliphatic heterocycles.